The third-order valence-electron chi connectivity index (χ3n) is 3.92. The van der Waals surface area contributed by atoms with Crippen molar-refractivity contribution >= 4 is 12.1 Å². The molecular formula is C21H34N2O5. The fraction of sp³-hybridized carbons (Fsp3) is 0.619. The lowest BCUT2D eigenvalue weighted by Crippen LogP contribution is -2.37. The smallest absolute Gasteiger partial charge is 0.407 e. The Balaban J connectivity index is 0.00000190. The third kappa shape index (κ3) is 7.86. The van der Waals surface area contributed by atoms with Crippen LogP contribution in [0, 0.1) is 6.92 Å². The number of amides is 1. The lowest BCUT2D eigenvalue weighted by Gasteiger charge is -2.22. The number of esters is 1. The number of hydrogen-bond acceptors (Lipinski definition) is 6. The molecule has 7 heteroatoms. The van der Waals surface area contributed by atoms with Gasteiger partial charge in [-0.3, -0.25) is 9.63 Å². The van der Waals surface area contributed by atoms with E-state index in [9.17, 15) is 9.59 Å². The lowest BCUT2D eigenvalue weighted by atomic mass is 10.1. The third-order valence-corrected chi connectivity index (χ3v) is 3.92. The molecule has 0 aromatic heterocycles. The number of nitrogens with zero attached hydrogens (tertiary/aromatic N) is 1. The van der Waals surface area contributed by atoms with Crippen LogP contribution in [0.2, 0.25) is 0 Å². The highest BCUT2D eigenvalue weighted by Crippen LogP contribution is 2.24. The van der Waals surface area contributed by atoms with Crippen molar-refractivity contribution in [2.75, 3.05) is 13.7 Å². The van der Waals surface area contributed by atoms with Crippen LogP contribution in [0.25, 0.3) is 0 Å². The van der Waals surface area contributed by atoms with E-state index < -0.39 is 17.7 Å². The molecule has 0 aliphatic carbocycles. The molecule has 1 saturated heterocycles. The molecule has 7 nitrogen and oxygen atoms in total. The predicted octanol–water partition coefficient (Wildman–Crippen LogP) is 3.59. The Morgan fingerprint density at radius 3 is 2.36 bits per heavy atom. The minimum Gasteiger partial charge on any atom is -0.468 e. The number of methoxy groups -OCH3 is 1. The molecule has 28 heavy (non-hydrogen) atoms. The van der Waals surface area contributed by atoms with Crippen molar-refractivity contribution in [2.24, 2.45) is 0 Å². The van der Waals surface area contributed by atoms with Crippen LogP contribution in [0.4, 0.5) is 4.79 Å². The summed E-state index contributed by atoms with van der Waals surface area (Å²) in [5.41, 5.74) is 1.64. The van der Waals surface area contributed by atoms with Crippen LogP contribution >= 0.6 is 0 Å². The molecule has 1 aromatic carbocycles. The van der Waals surface area contributed by atoms with Gasteiger partial charge in [-0.05, 0) is 33.3 Å². The SMILES string of the molecule is CC.COC(=O)C1CC(CNC(=O)OC(C)(C)C)ON1Cc1ccc(C)cc1. The van der Waals surface area contributed by atoms with Crippen LogP contribution in [0.15, 0.2) is 24.3 Å². The second kappa shape index (κ2) is 11.0. The molecular weight excluding hydrogens is 360 g/mol. The van der Waals surface area contributed by atoms with E-state index >= 15 is 0 Å². The molecule has 1 amide bonds. The van der Waals surface area contributed by atoms with E-state index in [0.717, 1.165) is 5.56 Å². The lowest BCUT2D eigenvalue weighted by molar-refractivity contribution is -0.184. The van der Waals surface area contributed by atoms with E-state index in [-0.39, 0.29) is 18.6 Å². The second-order valence-electron chi connectivity index (χ2n) is 7.45. The second-order valence-corrected chi connectivity index (χ2v) is 7.45. The monoisotopic (exact) mass is 394 g/mol. The van der Waals surface area contributed by atoms with Gasteiger partial charge in [0.15, 0.2) is 0 Å². The Morgan fingerprint density at radius 2 is 1.82 bits per heavy atom. The quantitative estimate of drug-likeness (QED) is 0.769. The first-order valence-corrected chi connectivity index (χ1v) is 9.71. The van der Waals surface area contributed by atoms with Crippen LogP contribution in [-0.4, -0.2) is 48.5 Å². The zero-order valence-corrected chi connectivity index (χ0v) is 18.1. The average molecular weight is 395 g/mol. The fourth-order valence-electron chi connectivity index (χ4n) is 2.68. The van der Waals surface area contributed by atoms with Crippen molar-refractivity contribution in [3.8, 4) is 0 Å². The first kappa shape index (κ1) is 23.9. The van der Waals surface area contributed by atoms with Crippen LogP contribution in [0.1, 0.15) is 52.2 Å². The van der Waals surface area contributed by atoms with Crippen LogP contribution in [0.3, 0.4) is 0 Å². The normalized spacial score (nSPS) is 19.4. The number of hydrogen-bond donors (Lipinski definition) is 1. The van der Waals surface area contributed by atoms with Gasteiger partial charge in [0, 0.05) is 13.0 Å². The zero-order chi connectivity index (χ0) is 21.3. The first-order valence-electron chi connectivity index (χ1n) is 9.71. The standard InChI is InChI=1S/C19H28N2O5.C2H6/c1-13-6-8-14(9-7-13)12-21-16(17(22)24-5)10-15(26-21)11-20-18(23)25-19(2,3)4;1-2/h6-9,15-16H,10-12H2,1-5H3,(H,20,23);1-2H3. The van der Waals surface area contributed by atoms with E-state index in [1.807, 2.05) is 45.0 Å². The highest BCUT2D eigenvalue weighted by molar-refractivity contribution is 5.75. The largest absolute Gasteiger partial charge is 0.468 e. The summed E-state index contributed by atoms with van der Waals surface area (Å²) in [6, 6.07) is 7.52. The Morgan fingerprint density at radius 1 is 1.21 bits per heavy atom. The maximum atomic E-state index is 12.1. The summed E-state index contributed by atoms with van der Waals surface area (Å²) in [6.07, 6.45) is -0.390. The number of carbonyl (C=O) groups is 2. The molecule has 1 aromatic rings. The summed E-state index contributed by atoms with van der Waals surface area (Å²) < 4.78 is 10.1. The van der Waals surface area contributed by atoms with Crippen molar-refractivity contribution in [1.29, 1.82) is 0 Å². The van der Waals surface area contributed by atoms with E-state index in [1.165, 1.54) is 12.7 Å². The van der Waals surface area contributed by atoms with Crippen molar-refractivity contribution in [3.63, 3.8) is 0 Å². The molecule has 0 radical (unpaired) electrons. The van der Waals surface area contributed by atoms with Crippen molar-refractivity contribution in [2.45, 2.75) is 72.3 Å². The topological polar surface area (TPSA) is 77.1 Å². The van der Waals surface area contributed by atoms with E-state index in [2.05, 4.69) is 5.32 Å². The highest BCUT2D eigenvalue weighted by Gasteiger charge is 2.39. The highest BCUT2D eigenvalue weighted by atomic mass is 16.7. The van der Waals surface area contributed by atoms with Crippen molar-refractivity contribution < 1.29 is 23.9 Å². The first-order chi connectivity index (χ1) is 13.2. The number of nitrogens with one attached hydrogen (secondary N) is 1. The average Bonchev–Trinajstić information content (AvgIpc) is 3.04. The number of aryl methyl sites for hydroxylation is 1. The van der Waals surface area contributed by atoms with Gasteiger partial charge in [-0.25, -0.2) is 4.79 Å². The van der Waals surface area contributed by atoms with Gasteiger partial charge in [-0.1, -0.05) is 43.7 Å². The molecule has 1 aliphatic rings. The maximum Gasteiger partial charge on any atom is 0.407 e. The van der Waals surface area contributed by atoms with Gasteiger partial charge in [0.2, 0.25) is 0 Å². The summed E-state index contributed by atoms with van der Waals surface area (Å²) in [4.78, 5) is 29.8. The number of ether oxygens (including phenoxy) is 2. The van der Waals surface area contributed by atoms with Gasteiger partial charge in [-0.15, -0.1) is 0 Å². The van der Waals surface area contributed by atoms with Crippen molar-refractivity contribution in [1.82, 2.24) is 10.4 Å². The molecule has 2 unspecified atom stereocenters. The van der Waals surface area contributed by atoms with Crippen LogP contribution in [0.5, 0.6) is 0 Å². The number of hydroxylamine groups is 2. The molecule has 0 spiro atoms. The number of carbonyl (C=O) groups excluding carboxylic acids is 2. The van der Waals surface area contributed by atoms with Crippen LogP contribution in [-0.2, 0) is 25.7 Å². The molecule has 2 atom stereocenters. The Hall–Kier alpha value is -2.12. The molecule has 1 fully saturated rings. The number of benzene rings is 1. The summed E-state index contributed by atoms with van der Waals surface area (Å²) in [5.74, 6) is -0.350. The van der Waals surface area contributed by atoms with Gasteiger partial charge in [-0.2, -0.15) is 5.06 Å². The Labute approximate surface area is 168 Å². The molecule has 1 aliphatic heterocycles. The summed E-state index contributed by atoms with van der Waals surface area (Å²) in [5, 5.41) is 4.31. The van der Waals surface area contributed by atoms with Gasteiger partial charge < -0.3 is 14.8 Å². The van der Waals surface area contributed by atoms with E-state index in [1.54, 1.807) is 25.8 Å². The van der Waals surface area contributed by atoms with Crippen LogP contribution < -0.4 is 5.32 Å². The molecule has 2 rings (SSSR count). The maximum absolute atomic E-state index is 12.1. The van der Waals surface area contributed by atoms with E-state index in [0.29, 0.717) is 13.0 Å². The zero-order valence-electron chi connectivity index (χ0n) is 18.1. The predicted molar refractivity (Wildman–Crippen MR) is 108 cm³/mol. The molecule has 1 heterocycles. The molecule has 158 valence electrons. The molecule has 1 N–H and O–H groups in total. The summed E-state index contributed by atoms with van der Waals surface area (Å²) >= 11 is 0. The van der Waals surface area contributed by atoms with Crippen molar-refractivity contribution in [3.05, 3.63) is 35.4 Å². The molecule has 0 saturated carbocycles. The van der Waals surface area contributed by atoms with Gasteiger partial charge in [0.25, 0.3) is 0 Å². The minimum atomic E-state index is -0.563. The van der Waals surface area contributed by atoms with E-state index in [4.69, 9.17) is 14.3 Å². The fourth-order valence-corrected chi connectivity index (χ4v) is 2.68. The molecule has 0 bridgehead atoms. The summed E-state index contributed by atoms with van der Waals surface area (Å²) in [6.45, 7) is 12.1. The Kier molecular flexibility index (Phi) is 9.41. The Bertz CT molecular complexity index is 625. The van der Waals surface area contributed by atoms with Gasteiger partial charge >= 0.3 is 12.1 Å². The van der Waals surface area contributed by atoms with Gasteiger partial charge in [0.05, 0.1) is 19.8 Å². The number of rotatable bonds is 5. The minimum absolute atomic E-state index is 0.257. The van der Waals surface area contributed by atoms with Gasteiger partial charge in [0.1, 0.15) is 11.6 Å². The summed E-state index contributed by atoms with van der Waals surface area (Å²) in [7, 11) is 1.36. The number of alkyl carbamates (subject to hydrolysis) is 1.